The van der Waals surface area contributed by atoms with Crippen molar-refractivity contribution in [2.75, 3.05) is 6.54 Å². The Morgan fingerprint density at radius 3 is 2.95 bits per heavy atom. The summed E-state index contributed by atoms with van der Waals surface area (Å²) in [6.07, 6.45) is 9.62. The van der Waals surface area contributed by atoms with Crippen LogP contribution in [0.25, 0.3) is 0 Å². The van der Waals surface area contributed by atoms with Gasteiger partial charge in [-0.05, 0) is 38.6 Å². The highest BCUT2D eigenvalue weighted by Gasteiger charge is 2.44. The van der Waals surface area contributed by atoms with Crippen LogP contribution in [0.5, 0.6) is 0 Å². The molecule has 2 aliphatic heterocycles. The number of ether oxygens (including phenoxy) is 1. The van der Waals surface area contributed by atoms with E-state index < -0.39 is 0 Å². The second-order valence-electron chi connectivity index (χ2n) is 6.44. The molecule has 5 heteroatoms. The van der Waals surface area contributed by atoms with Gasteiger partial charge in [-0.25, -0.2) is 4.98 Å². The minimum atomic E-state index is 0.465. The van der Waals surface area contributed by atoms with Crippen LogP contribution in [0.3, 0.4) is 0 Å². The lowest BCUT2D eigenvalue weighted by atomic mass is 9.82. The average Bonchev–Trinajstić information content (AvgIpc) is 3.20. The van der Waals surface area contributed by atoms with Crippen molar-refractivity contribution in [2.24, 2.45) is 5.92 Å². The maximum absolute atomic E-state index is 6.06. The molecule has 3 rings (SSSR count). The summed E-state index contributed by atoms with van der Waals surface area (Å²) in [5.41, 5.74) is 0. The van der Waals surface area contributed by atoms with Crippen LogP contribution in [0.1, 0.15) is 51.8 Å². The van der Waals surface area contributed by atoms with E-state index in [1.807, 2.05) is 0 Å². The van der Waals surface area contributed by atoms with Crippen molar-refractivity contribution in [1.82, 2.24) is 20.1 Å². The lowest BCUT2D eigenvalue weighted by molar-refractivity contribution is 0.0854. The van der Waals surface area contributed by atoms with E-state index in [0.29, 0.717) is 24.2 Å². The second kappa shape index (κ2) is 6.88. The standard InChI is InChI=1S/C16H28N4O/c1-3-7-17-14(13-9-12-5-6-15(13)21-12)10-16-18-11-19-20(16)8-4-2/h11-15,17H,3-10H2,1-2H3. The number of fused-ring (bicyclic) bond motifs is 2. The van der Waals surface area contributed by atoms with Gasteiger partial charge in [-0.2, -0.15) is 5.10 Å². The van der Waals surface area contributed by atoms with Crippen molar-refractivity contribution < 1.29 is 4.74 Å². The van der Waals surface area contributed by atoms with E-state index in [1.165, 1.54) is 25.7 Å². The third kappa shape index (κ3) is 3.29. The zero-order chi connectivity index (χ0) is 14.7. The Bertz CT molecular complexity index is 447. The molecule has 1 aromatic rings. The first-order chi connectivity index (χ1) is 10.3. The maximum atomic E-state index is 6.06. The normalized spacial score (nSPS) is 29.1. The number of hydrogen-bond acceptors (Lipinski definition) is 4. The molecule has 0 aromatic carbocycles. The largest absolute Gasteiger partial charge is 0.375 e. The molecule has 21 heavy (non-hydrogen) atoms. The molecule has 3 heterocycles. The number of aryl methyl sites for hydroxylation is 1. The zero-order valence-corrected chi connectivity index (χ0v) is 13.3. The van der Waals surface area contributed by atoms with Gasteiger partial charge in [-0.3, -0.25) is 4.68 Å². The average molecular weight is 292 g/mol. The Morgan fingerprint density at radius 2 is 2.29 bits per heavy atom. The van der Waals surface area contributed by atoms with Gasteiger partial charge in [0, 0.05) is 24.9 Å². The predicted molar refractivity (Wildman–Crippen MR) is 82.1 cm³/mol. The molecule has 4 unspecified atom stereocenters. The van der Waals surface area contributed by atoms with E-state index in [0.717, 1.165) is 31.8 Å². The molecule has 4 atom stereocenters. The Balaban J connectivity index is 1.68. The fraction of sp³-hybridized carbons (Fsp3) is 0.875. The Morgan fingerprint density at radius 1 is 1.38 bits per heavy atom. The van der Waals surface area contributed by atoms with Gasteiger partial charge in [0.15, 0.2) is 0 Å². The molecule has 2 aliphatic rings. The van der Waals surface area contributed by atoms with Crippen LogP contribution in [0.15, 0.2) is 6.33 Å². The molecule has 1 aromatic heterocycles. The SMILES string of the molecule is CCCNC(Cc1ncnn1CCC)C1CC2CCC1O2. The summed E-state index contributed by atoms with van der Waals surface area (Å²) in [7, 11) is 0. The number of nitrogens with zero attached hydrogens (tertiary/aromatic N) is 3. The van der Waals surface area contributed by atoms with Crippen LogP contribution < -0.4 is 5.32 Å². The van der Waals surface area contributed by atoms with E-state index in [-0.39, 0.29) is 0 Å². The first kappa shape index (κ1) is 15.0. The van der Waals surface area contributed by atoms with Gasteiger partial charge in [-0.1, -0.05) is 13.8 Å². The van der Waals surface area contributed by atoms with Gasteiger partial charge < -0.3 is 10.1 Å². The van der Waals surface area contributed by atoms with Crippen LogP contribution >= 0.6 is 0 Å². The van der Waals surface area contributed by atoms with Crippen molar-refractivity contribution in [1.29, 1.82) is 0 Å². The molecular formula is C16H28N4O. The number of aromatic nitrogens is 3. The van der Waals surface area contributed by atoms with E-state index >= 15 is 0 Å². The number of nitrogens with one attached hydrogen (secondary N) is 1. The van der Waals surface area contributed by atoms with Crippen molar-refractivity contribution in [3.05, 3.63) is 12.2 Å². The number of hydrogen-bond donors (Lipinski definition) is 1. The Labute approximate surface area is 127 Å². The van der Waals surface area contributed by atoms with Gasteiger partial charge >= 0.3 is 0 Å². The van der Waals surface area contributed by atoms with Crippen LogP contribution in [0, 0.1) is 5.92 Å². The summed E-state index contributed by atoms with van der Waals surface area (Å²) in [5, 5.41) is 8.10. The first-order valence-corrected chi connectivity index (χ1v) is 8.57. The molecule has 0 spiro atoms. The molecule has 2 bridgehead atoms. The quantitative estimate of drug-likeness (QED) is 0.798. The molecule has 2 fully saturated rings. The van der Waals surface area contributed by atoms with E-state index in [9.17, 15) is 0 Å². The van der Waals surface area contributed by atoms with Crippen molar-refractivity contribution in [3.63, 3.8) is 0 Å². The third-order valence-corrected chi connectivity index (χ3v) is 4.86. The molecular weight excluding hydrogens is 264 g/mol. The number of rotatable bonds is 8. The van der Waals surface area contributed by atoms with Crippen LogP contribution in [0.2, 0.25) is 0 Å². The lowest BCUT2D eigenvalue weighted by Gasteiger charge is -2.29. The highest BCUT2D eigenvalue weighted by molar-refractivity contribution is 5.00. The second-order valence-corrected chi connectivity index (χ2v) is 6.44. The van der Waals surface area contributed by atoms with Crippen molar-refractivity contribution in [2.45, 2.75) is 77.2 Å². The van der Waals surface area contributed by atoms with Gasteiger partial charge in [0.25, 0.3) is 0 Å². The van der Waals surface area contributed by atoms with Gasteiger partial charge in [-0.15, -0.1) is 0 Å². The fourth-order valence-corrected chi connectivity index (χ4v) is 3.85. The smallest absolute Gasteiger partial charge is 0.138 e. The summed E-state index contributed by atoms with van der Waals surface area (Å²) in [4.78, 5) is 4.49. The van der Waals surface area contributed by atoms with Crippen molar-refractivity contribution >= 4 is 0 Å². The minimum Gasteiger partial charge on any atom is -0.375 e. The van der Waals surface area contributed by atoms with E-state index in [1.54, 1.807) is 6.33 Å². The molecule has 0 amide bonds. The highest BCUT2D eigenvalue weighted by Crippen LogP contribution is 2.40. The molecule has 2 saturated heterocycles. The van der Waals surface area contributed by atoms with Gasteiger partial charge in [0.1, 0.15) is 12.2 Å². The van der Waals surface area contributed by atoms with Crippen molar-refractivity contribution in [3.8, 4) is 0 Å². The topological polar surface area (TPSA) is 52.0 Å². The van der Waals surface area contributed by atoms with E-state index in [4.69, 9.17) is 4.74 Å². The molecule has 5 nitrogen and oxygen atoms in total. The predicted octanol–water partition coefficient (Wildman–Crippen LogP) is 2.17. The Kier molecular flexibility index (Phi) is 4.91. The Hall–Kier alpha value is -0.940. The maximum Gasteiger partial charge on any atom is 0.138 e. The molecule has 0 radical (unpaired) electrons. The molecule has 0 saturated carbocycles. The molecule has 1 N–H and O–H groups in total. The zero-order valence-electron chi connectivity index (χ0n) is 13.3. The lowest BCUT2D eigenvalue weighted by Crippen LogP contribution is -2.43. The monoisotopic (exact) mass is 292 g/mol. The molecule has 118 valence electrons. The van der Waals surface area contributed by atoms with Crippen LogP contribution in [-0.2, 0) is 17.7 Å². The summed E-state index contributed by atoms with van der Waals surface area (Å²) >= 11 is 0. The van der Waals surface area contributed by atoms with E-state index in [2.05, 4.69) is 33.9 Å². The summed E-state index contributed by atoms with van der Waals surface area (Å²) in [5.74, 6) is 1.76. The summed E-state index contributed by atoms with van der Waals surface area (Å²) in [6.45, 7) is 6.44. The van der Waals surface area contributed by atoms with Gasteiger partial charge in [0.05, 0.1) is 12.2 Å². The highest BCUT2D eigenvalue weighted by atomic mass is 16.5. The third-order valence-electron chi connectivity index (χ3n) is 4.86. The van der Waals surface area contributed by atoms with Gasteiger partial charge in [0.2, 0.25) is 0 Å². The molecule has 0 aliphatic carbocycles. The first-order valence-electron chi connectivity index (χ1n) is 8.57. The summed E-state index contributed by atoms with van der Waals surface area (Å²) in [6, 6.07) is 0.472. The minimum absolute atomic E-state index is 0.465. The van der Waals surface area contributed by atoms with Crippen LogP contribution in [-0.4, -0.2) is 39.6 Å². The fourth-order valence-electron chi connectivity index (χ4n) is 3.85. The van der Waals surface area contributed by atoms with Crippen LogP contribution in [0.4, 0.5) is 0 Å². The summed E-state index contributed by atoms with van der Waals surface area (Å²) < 4.78 is 8.12.